The summed E-state index contributed by atoms with van der Waals surface area (Å²) in [5.41, 5.74) is 3.50. The summed E-state index contributed by atoms with van der Waals surface area (Å²) in [5.74, 6) is 0.584. The molecule has 9 nitrogen and oxygen atoms in total. The second-order valence-corrected chi connectivity index (χ2v) is 9.95. The van der Waals surface area contributed by atoms with Crippen molar-refractivity contribution in [1.82, 2.24) is 30.0 Å². The van der Waals surface area contributed by atoms with Crippen molar-refractivity contribution in [3.05, 3.63) is 71.1 Å². The number of nitrogens with one attached hydrogen (secondary N) is 3. The SMILES string of the molecule is Cc1cnc(CNC(=O)c2c(=N)c3ccc(N4CCCNCC4)nc3n3c2sc2ccccc23)cn1. The number of nitrogens with zero attached hydrogens (tertiary/aromatic N) is 5. The topological polar surface area (TPSA) is 111 Å². The first-order valence-electron chi connectivity index (χ1n) is 12.0. The van der Waals surface area contributed by atoms with E-state index in [0.29, 0.717) is 27.1 Å². The fourth-order valence-corrected chi connectivity index (χ4v) is 5.83. The maximum absolute atomic E-state index is 13.5. The minimum absolute atomic E-state index is 0.181. The molecule has 1 aliphatic heterocycles. The fraction of sp³-hybridized carbons (Fsp3) is 0.269. The lowest BCUT2D eigenvalue weighted by molar-refractivity contribution is 0.0950. The zero-order valence-corrected chi connectivity index (χ0v) is 20.7. The van der Waals surface area contributed by atoms with E-state index in [9.17, 15) is 4.79 Å². The number of benzene rings is 1. The van der Waals surface area contributed by atoms with Crippen LogP contribution in [-0.4, -0.2) is 51.4 Å². The van der Waals surface area contributed by atoms with Crippen LogP contribution in [0.1, 0.15) is 28.2 Å². The van der Waals surface area contributed by atoms with E-state index in [-0.39, 0.29) is 17.8 Å². The molecule has 0 radical (unpaired) electrons. The molecular formula is C26H26N8OS. The molecule has 1 amide bonds. The first-order valence-corrected chi connectivity index (χ1v) is 12.8. The zero-order chi connectivity index (χ0) is 24.6. The van der Waals surface area contributed by atoms with Gasteiger partial charge in [-0.3, -0.25) is 24.6 Å². The van der Waals surface area contributed by atoms with E-state index in [4.69, 9.17) is 10.4 Å². The monoisotopic (exact) mass is 498 g/mol. The van der Waals surface area contributed by atoms with Crippen molar-refractivity contribution >= 4 is 49.1 Å². The van der Waals surface area contributed by atoms with Crippen LogP contribution in [0.25, 0.3) is 26.1 Å². The molecular weight excluding hydrogens is 472 g/mol. The van der Waals surface area contributed by atoms with Gasteiger partial charge in [-0.25, -0.2) is 4.98 Å². The molecule has 0 unspecified atom stereocenters. The number of carbonyl (C=O) groups excluding carboxylic acids is 1. The number of rotatable bonds is 4. The number of para-hydroxylation sites is 1. The van der Waals surface area contributed by atoms with E-state index >= 15 is 0 Å². The summed E-state index contributed by atoms with van der Waals surface area (Å²) in [6.07, 6.45) is 4.39. The van der Waals surface area contributed by atoms with E-state index in [1.165, 1.54) is 11.3 Å². The van der Waals surface area contributed by atoms with Crippen LogP contribution in [0.2, 0.25) is 0 Å². The molecule has 1 aromatic carbocycles. The minimum Gasteiger partial charge on any atom is -0.355 e. The van der Waals surface area contributed by atoms with Crippen LogP contribution in [0.15, 0.2) is 48.8 Å². The third kappa shape index (κ3) is 3.98. The molecule has 4 aromatic heterocycles. The highest BCUT2D eigenvalue weighted by atomic mass is 32.1. The van der Waals surface area contributed by atoms with E-state index in [0.717, 1.165) is 54.3 Å². The lowest BCUT2D eigenvalue weighted by atomic mass is 10.1. The number of pyridine rings is 2. The summed E-state index contributed by atoms with van der Waals surface area (Å²) in [6, 6.07) is 11.9. The second-order valence-electron chi connectivity index (χ2n) is 8.92. The van der Waals surface area contributed by atoms with Gasteiger partial charge in [-0.15, -0.1) is 11.3 Å². The number of carbonyl (C=O) groups is 1. The molecule has 1 saturated heterocycles. The number of aromatic nitrogens is 4. The third-order valence-electron chi connectivity index (χ3n) is 6.48. The number of anilines is 1. The Balaban J connectivity index is 1.50. The van der Waals surface area contributed by atoms with Gasteiger partial charge in [-0.1, -0.05) is 12.1 Å². The molecule has 0 aliphatic carbocycles. The van der Waals surface area contributed by atoms with E-state index in [1.807, 2.05) is 47.7 Å². The number of hydrogen-bond acceptors (Lipinski definition) is 8. The van der Waals surface area contributed by atoms with Crippen molar-refractivity contribution in [2.75, 3.05) is 31.1 Å². The maximum Gasteiger partial charge on any atom is 0.256 e. The lowest BCUT2D eigenvalue weighted by Gasteiger charge is -2.21. The van der Waals surface area contributed by atoms with Crippen LogP contribution in [-0.2, 0) is 6.54 Å². The summed E-state index contributed by atoms with van der Waals surface area (Å²) < 4.78 is 3.07. The maximum atomic E-state index is 13.5. The Hall–Kier alpha value is -3.89. The molecule has 10 heteroatoms. The van der Waals surface area contributed by atoms with Gasteiger partial charge in [0.05, 0.1) is 45.3 Å². The van der Waals surface area contributed by atoms with Gasteiger partial charge >= 0.3 is 0 Å². The standard InChI is InChI=1S/C26H26N8OS/c1-16-13-30-17(14-29-16)15-31-25(35)22-23(27)18-7-8-21(33-11-4-9-28-10-12-33)32-24(18)34-19-5-2-3-6-20(19)36-26(22)34/h2-3,5-8,13-14,27-28H,4,9-12,15H2,1H3,(H,31,35). The van der Waals surface area contributed by atoms with E-state index < -0.39 is 0 Å². The largest absolute Gasteiger partial charge is 0.355 e. The van der Waals surface area contributed by atoms with Crippen molar-refractivity contribution in [2.24, 2.45) is 0 Å². The van der Waals surface area contributed by atoms with Crippen LogP contribution in [0.4, 0.5) is 5.82 Å². The molecule has 1 fully saturated rings. The van der Waals surface area contributed by atoms with Crippen molar-refractivity contribution in [1.29, 1.82) is 5.41 Å². The molecule has 182 valence electrons. The molecule has 0 bridgehead atoms. The summed E-state index contributed by atoms with van der Waals surface area (Å²) in [7, 11) is 0. The second kappa shape index (κ2) is 9.29. The highest BCUT2D eigenvalue weighted by molar-refractivity contribution is 7.24. The number of thiazole rings is 1. The molecule has 6 rings (SSSR count). The van der Waals surface area contributed by atoms with Gasteiger partial charge in [0.2, 0.25) is 0 Å². The molecule has 36 heavy (non-hydrogen) atoms. The minimum atomic E-state index is -0.309. The van der Waals surface area contributed by atoms with E-state index in [2.05, 4.69) is 25.5 Å². The lowest BCUT2D eigenvalue weighted by Crippen LogP contribution is -2.30. The number of amides is 1. The average molecular weight is 499 g/mol. The van der Waals surface area contributed by atoms with Crippen LogP contribution in [0.5, 0.6) is 0 Å². The third-order valence-corrected chi connectivity index (χ3v) is 7.62. The molecule has 3 N–H and O–H groups in total. The van der Waals surface area contributed by atoms with Gasteiger partial charge in [0.25, 0.3) is 5.91 Å². The summed E-state index contributed by atoms with van der Waals surface area (Å²) in [6.45, 7) is 5.84. The summed E-state index contributed by atoms with van der Waals surface area (Å²) in [4.78, 5) is 30.1. The highest BCUT2D eigenvalue weighted by Gasteiger charge is 2.22. The Bertz CT molecular complexity index is 1650. The van der Waals surface area contributed by atoms with E-state index in [1.54, 1.807) is 12.4 Å². The first-order chi connectivity index (χ1) is 17.6. The molecule has 1 aliphatic rings. The molecule has 5 heterocycles. The zero-order valence-electron chi connectivity index (χ0n) is 19.9. The van der Waals surface area contributed by atoms with Gasteiger partial charge in [0.15, 0.2) is 0 Å². The molecule has 0 spiro atoms. The quantitative estimate of drug-likeness (QED) is 0.351. The molecule has 5 aromatic rings. The fourth-order valence-electron chi connectivity index (χ4n) is 4.64. The van der Waals surface area contributed by atoms with Crippen LogP contribution in [0.3, 0.4) is 0 Å². The van der Waals surface area contributed by atoms with Gasteiger partial charge in [0, 0.05) is 31.2 Å². The van der Waals surface area contributed by atoms with Gasteiger partial charge < -0.3 is 15.5 Å². The number of hydrogen-bond donors (Lipinski definition) is 3. The predicted octanol–water partition coefficient (Wildman–Crippen LogP) is 3.01. The Kier molecular flexibility index (Phi) is 5.82. The van der Waals surface area contributed by atoms with Crippen molar-refractivity contribution in [2.45, 2.75) is 19.9 Å². The summed E-state index contributed by atoms with van der Waals surface area (Å²) >= 11 is 1.50. The Morgan fingerprint density at radius 1 is 1.14 bits per heavy atom. The van der Waals surface area contributed by atoms with Crippen LogP contribution < -0.4 is 20.9 Å². The van der Waals surface area contributed by atoms with Gasteiger partial charge in [0.1, 0.15) is 16.3 Å². The van der Waals surface area contributed by atoms with Crippen molar-refractivity contribution < 1.29 is 4.79 Å². The predicted molar refractivity (Wildman–Crippen MR) is 142 cm³/mol. The van der Waals surface area contributed by atoms with Crippen LogP contribution in [0, 0.1) is 12.3 Å². The first kappa shape index (κ1) is 22.6. The van der Waals surface area contributed by atoms with Gasteiger partial charge in [-0.05, 0) is 44.2 Å². The number of aryl methyl sites for hydroxylation is 1. The van der Waals surface area contributed by atoms with Crippen molar-refractivity contribution in [3.8, 4) is 0 Å². The van der Waals surface area contributed by atoms with Crippen molar-refractivity contribution in [3.63, 3.8) is 0 Å². The Labute approximate surface area is 211 Å². The average Bonchev–Trinajstić information content (AvgIpc) is 3.07. The Morgan fingerprint density at radius 3 is 2.89 bits per heavy atom. The molecule has 0 saturated carbocycles. The normalized spacial score (nSPS) is 14.4. The summed E-state index contributed by atoms with van der Waals surface area (Å²) in [5, 5.41) is 16.2. The van der Waals surface area contributed by atoms with Gasteiger partial charge in [-0.2, -0.15) is 0 Å². The smallest absolute Gasteiger partial charge is 0.256 e. The number of fused-ring (bicyclic) bond motifs is 5. The van der Waals surface area contributed by atoms with Crippen LogP contribution >= 0.6 is 11.3 Å². The Morgan fingerprint density at radius 2 is 2.03 bits per heavy atom. The molecule has 0 atom stereocenters. The highest BCUT2D eigenvalue weighted by Crippen LogP contribution is 2.31.